The summed E-state index contributed by atoms with van der Waals surface area (Å²) in [6, 6.07) is 16.2. The zero-order valence-corrected chi connectivity index (χ0v) is 12.3. The van der Waals surface area contributed by atoms with Gasteiger partial charge in [0.15, 0.2) is 0 Å². The van der Waals surface area contributed by atoms with Crippen molar-refractivity contribution in [3.05, 3.63) is 64.7 Å². The van der Waals surface area contributed by atoms with Gasteiger partial charge in [0.05, 0.1) is 6.04 Å². The zero-order valence-electron chi connectivity index (χ0n) is 10.8. The predicted octanol–water partition coefficient (Wildman–Crippen LogP) is 4.00. The smallest absolute Gasteiger partial charge is 0.0710 e. The van der Waals surface area contributed by atoms with E-state index in [1.807, 2.05) is 36.0 Å². The standard InChI is InChI=1S/C15H17ClN2S/c1-2-19-14-9-5-12(6-10-14)15(18-17)11-3-7-13(16)8-4-11/h3-10,15,18H,2,17H2,1H3. The van der Waals surface area contributed by atoms with E-state index in [4.69, 9.17) is 17.4 Å². The Labute approximate surface area is 123 Å². The molecule has 19 heavy (non-hydrogen) atoms. The highest BCUT2D eigenvalue weighted by atomic mass is 35.5. The average Bonchev–Trinajstić information content (AvgIpc) is 2.44. The molecule has 0 aliphatic rings. The van der Waals surface area contributed by atoms with E-state index in [1.165, 1.54) is 4.90 Å². The van der Waals surface area contributed by atoms with Crippen molar-refractivity contribution in [3.8, 4) is 0 Å². The lowest BCUT2D eigenvalue weighted by atomic mass is 9.99. The summed E-state index contributed by atoms with van der Waals surface area (Å²) in [6.45, 7) is 2.15. The van der Waals surface area contributed by atoms with Crippen LogP contribution >= 0.6 is 23.4 Å². The molecule has 2 aromatic carbocycles. The summed E-state index contributed by atoms with van der Waals surface area (Å²) in [4.78, 5) is 1.28. The molecule has 0 radical (unpaired) electrons. The fraction of sp³-hybridized carbons (Fsp3) is 0.200. The van der Waals surface area contributed by atoms with Gasteiger partial charge in [-0.2, -0.15) is 0 Å². The Morgan fingerprint density at radius 1 is 1.05 bits per heavy atom. The maximum atomic E-state index is 5.91. The molecule has 0 aliphatic heterocycles. The van der Waals surface area contributed by atoms with Crippen LogP contribution in [0.5, 0.6) is 0 Å². The molecule has 0 bridgehead atoms. The number of nitrogens with one attached hydrogen (secondary N) is 1. The molecule has 2 nitrogen and oxygen atoms in total. The first-order chi connectivity index (χ1) is 9.24. The molecule has 0 spiro atoms. The summed E-state index contributed by atoms with van der Waals surface area (Å²) in [7, 11) is 0. The molecule has 0 saturated heterocycles. The van der Waals surface area contributed by atoms with Crippen LogP contribution in [-0.2, 0) is 0 Å². The maximum Gasteiger partial charge on any atom is 0.0710 e. The van der Waals surface area contributed by atoms with Crippen LogP contribution in [0.1, 0.15) is 24.1 Å². The molecule has 1 atom stereocenters. The minimum Gasteiger partial charge on any atom is -0.271 e. The van der Waals surface area contributed by atoms with Gasteiger partial charge in [0.1, 0.15) is 0 Å². The van der Waals surface area contributed by atoms with Crippen LogP contribution in [0.15, 0.2) is 53.4 Å². The second-order valence-electron chi connectivity index (χ2n) is 4.15. The van der Waals surface area contributed by atoms with E-state index in [0.717, 1.165) is 21.9 Å². The Hall–Kier alpha value is -1.00. The highest BCUT2D eigenvalue weighted by Gasteiger charge is 2.11. The van der Waals surface area contributed by atoms with Gasteiger partial charge >= 0.3 is 0 Å². The molecule has 0 aliphatic carbocycles. The molecular weight excluding hydrogens is 276 g/mol. The van der Waals surface area contributed by atoms with Crippen LogP contribution in [0.3, 0.4) is 0 Å². The van der Waals surface area contributed by atoms with Gasteiger partial charge in [-0.25, -0.2) is 5.43 Å². The van der Waals surface area contributed by atoms with Crippen LogP contribution in [0.4, 0.5) is 0 Å². The van der Waals surface area contributed by atoms with Crippen LogP contribution in [-0.4, -0.2) is 5.75 Å². The molecule has 1 unspecified atom stereocenters. The Morgan fingerprint density at radius 2 is 1.58 bits per heavy atom. The first-order valence-electron chi connectivity index (χ1n) is 6.19. The van der Waals surface area contributed by atoms with E-state index in [2.05, 4.69) is 36.6 Å². The molecule has 0 saturated carbocycles. The third-order valence-corrected chi connectivity index (χ3v) is 4.04. The van der Waals surface area contributed by atoms with Crippen molar-refractivity contribution in [2.75, 3.05) is 5.75 Å². The maximum absolute atomic E-state index is 5.91. The average molecular weight is 293 g/mol. The van der Waals surface area contributed by atoms with Crippen molar-refractivity contribution in [2.24, 2.45) is 5.84 Å². The van der Waals surface area contributed by atoms with E-state index in [0.29, 0.717) is 0 Å². The molecule has 0 heterocycles. The second-order valence-corrected chi connectivity index (χ2v) is 5.93. The first kappa shape index (κ1) is 14.4. The lowest BCUT2D eigenvalue weighted by molar-refractivity contribution is 0.636. The largest absolute Gasteiger partial charge is 0.271 e. The van der Waals surface area contributed by atoms with Gasteiger partial charge in [-0.15, -0.1) is 11.8 Å². The van der Waals surface area contributed by atoms with Gasteiger partial charge in [0.25, 0.3) is 0 Å². The van der Waals surface area contributed by atoms with E-state index in [-0.39, 0.29) is 6.04 Å². The minimum atomic E-state index is -0.0158. The molecule has 4 heteroatoms. The van der Waals surface area contributed by atoms with Crippen molar-refractivity contribution < 1.29 is 0 Å². The normalized spacial score (nSPS) is 12.4. The van der Waals surface area contributed by atoms with Crippen molar-refractivity contribution in [1.29, 1.82) is 0 Å². The van der Waals surface area contributed by atoms with E-state index in [1.54, 1.807) is 0 Å². The molecule has 2 rings (SSSR count). The monoisotopic (exact) mass is 292 g/mol. The summed E-state index contributed by atoms with van der Waals surface area (Å²) in [5.41, 5.74) is 5.10. The van der Waals surface area contributed by atoms with Crippen LogP contribution in [0.25, 0.3) is 0 Å². The van der Waals surface area contributed by atoms with E-state index in [9.17, 15) is 0 Å². The van der Waals surface area contributed by atoms with Gasteiger partial charge in [0, 0.05) is 9.92 Å². The number of hydrogen-bond donors (Lipinski definition) is 2. The topological polar surface area (TPSA) is 38.0 Å². The molecule has 3 N–H and O–H groups in total. The molecule has 0 fully saturated rings. The summed E-state index contributed by atoms with van der Waals surface area (Å²) in [5.74, 6) is 6.76. The summed E-state index contributed by atoms with van der Waals surface area (Å²) >= 11 is 7.74. The minimum absolute atomic E-state index is 0.0158. The number of thioether (sulfide) groups is 1. The van der Waals surface area contributed by atoms with E-state index < -0.39 is 0 Å². The van der Waals surface area contributed by atoms with E-state index >= 15 is 0 Å². The van der Waals surface area contributed by atoms with Gasteiger partial charge < -0.3 is 0 Å². The molecule has 0 aromatic heterocycles. The fourth-order valence-electron chi connectivity index (χ4n) is 1.96. The first-order valence-corrected chi connectivity index (χ1v) is 7.55. The quantitative estimate of drug-likeness (QED) is 0.497. The molecule has 100 valence electrons. The number of hydrazine groups is 1. The molecule has 2 aromatic rings. The lowest BCUT2D eigenvalue weighted by Gasteiger charge is -2.17. The summed E-state index contributed by atoms with van der Waals surface area (Å²) in [5, 5.41) is 0.731. The zero-order chi connectivity index (χ0) is 13.7. The lowest BCUT2D eigenvalue weighted by Crippen LogP contribution is -2.28. The van der Waals surface area contributed by atoms with Gasteiger partial charge in [-0.3, -0.25) is 5.84 Å². The highest BCUT2D eigenvalue weighted by molar-refractivity contribution is 7.99. The van der Waals surface area contributed by atoms with Crippen molar-refractivity contribution >= 4 is 23.4 Å². The molecular formula is C15H17ClN2S. The van der Waals surface area contributed by atoms with Crippen LogP contribution in [0, 0.1) is 0 Å². The van der Waals surface area contributed by atoms with Crippen molar-refractivity contribution in [1.82, 2.24) is 5.43 Å². The number of hydrogen-bond acceptors (Lipinski definition) is 3. The van der Waals surface area contributed by atoms with Crippen molar-refractivity contribution in [2.45, 2.75) is 17.9 Å². The number of benzene rings is 2. The highest BCUT2D eigenvalue weighted by Crippen LogP contribution is 2.25. The van der Waals surface area contributed by atoms with Gasteiger partial charge in [0.2, 0.25) is 0 Å². The van der Waals surface area contributed by atoms with Crippen molar-refractivity contribution in [3.63, 3.8) is 0 Å². The Morgan fingerprint density at radius 3 is 2.05 bits per heavy atom. The third-order valence-electron chi connectivity index (χ3n) is 2.89. The van der Waals surface area contributed by atoms with Crippen LogP contribution < -0.4 is 11.3 Å². The number of rotatable bonds is 5. The third kappa shape index (κ3) is 3.74. The van der Waals surface area contributed by atoms with Crippen LogP contribution in [0.2, 0.25) is 5.02 Å². The summed E-state index contributed by atoms with van der Waals surface area (Å²) in [6.07, 6.45) is 0. The fourth-order valence-corrected chi connectivity index (χ4v) is 2.75. The summed E-state index contributed by atoms with van der Waals surface area (Å²) < 4.78 is 0. The molecule has 0 amide bonds. The Kier molecular flexibility index (Phi) is 5.28. The SMILES string of the molecule is CCSc1ccc(C(NN)c2ccc(Cl)cc2)cc1. The Bertz CT molecular complexity index is 511. The predicted molar refractivity (Wildman–Crippen MR) is 83.5 cm³/mol. The van der Waals surface area contributed by atoms with Gasteiger partial charge in [-0.05, 0) is 41.1 Å². The second kappa shape index (κ2) is 6.96. The van der Waals surface area contributed by atoms with Gasteiger partial charge in [-0.1, -0.05) is 42.8 Å². The number of nitrogens with two attached hydrogens (primary N) is 1. The Balaban J connectivity index is 2.23. The number of halogens is 1.